The Balaban J connectivity index is 1.84. The number of hydrogen-bond acceptors (Lipinski definition) is 4. The summed E-state index contributed by atoms with van der Waals surface area (Å²) < 4.78 is 3.02. The summed E-state index contributed by atoms with van der Waals surface area (Å²) in [6.45, 7) is 0. The van der Waals surface area contributed by atoms with E-state index in [1.54, 1.807) is 24.3 Å². The fourth-order valence-electron chi connectivity index (χ4n) is 2.78. The van der Waals surface area contributed by atoms with Gasteiger partial charge in [0.2, 0.25) is 0 Å². The highest BCUT2D eigenvalue weighted by molar-refractivity contribution is 14.1. The summed E-state index contributed by atoms with van der Waals surface area (Å²) in [4.78, 5) is 28.9. The molecule has 0 atom stereocenters. The van der Waals surface area contributed by atoms with Gasteiger partial charge in [-0.05, 0) is 57.3 Å². The molecular formula is C22H12I2O2S2. The van der Waals surface area contributed by atoms with Crippen LogP contribution in [0.3, 0.4) is 0 Å². The van der Waals surface area contributed by atoms with Gasteiger partial charge < -0.3 is 0 Å². The third-order valence-electron chi connectivity index (χ3n) is 4.10. The molecule has 0 bridgehead atoms. The van der Waals surface area contributed by atoms with Crippen LogP contribution in [0.1, 0.15) is 20.7 Å². The van der Waals surface area contributed by atoms with E-state index in [0.717, 1.165) is 21.2 Å². The predicted octanol–water partition coefficient (Wildman–Crippen LogP) is 7.07. The number of hydrogen-bond donors (Lipinski definition) is 0. The number of allylic oxidation sites excluding steroid dienone is 1. The topological polar surface area (TPSA) is 34.1 Å². The van der Waals surface area contributed by atoms with Crippen LogP contribution < -0.4 is 0 Å². The van der Waals surface area contributed by atoms with E-state index in [1.807, 2.05) is 36.4 Å². The molecule has 2 nitrogen and oxygen atoms in total. The number of thioether (sulfide) groups is 2. The summed E-state index contributed by atoms with van der Waals surface area (Å²) in [6, 6.07) is 22.2. The van der Waals surface area contributed by atoms with E-state index in [9.17, 15) is 9.59 Å². The molecule has 0 spiro atoms. The number of Topliss-reactive ketones (excluding diaryl/α,β-unsaturated/α-hetero) is 2. The lowest BCUT2D eigenvalue weighted by Gasteiger charge is -2.09. The van der Waals surface area contributed by atoms with Gasteiger partial charge in [-0.2, -0.15) is 0 Å². The van der Waals surface area contributed by atoms with E-state index in [-0.39, 0.29) is 17.1 Å². The normalized spacial score (nSPS) is 12.6. The maximum Gasteiger partial charge on any atom is 0.198 e. The zero-order valence-electron chi connectivity index (χ0n) is 14.3. The van der Waals surface area contributed by atoms with E-state index < -0.39 is 0 Å². The van der Waals surface area contributed by atoms with E-state index in [2.05, 4.69) is 57.3 Å². The quantitative estimate of drug-likeness (QED) is 0.102. The first-order chi connectivity index (χ1) is 13.5. The molecule has 1 aliphatic heterocycles. The summed E-state index contributed by atoms with van der Waals surface area (Å²) in [5, 5.41) is 0. The molecule has 28 heavy (non-hydrogen) atoms. The molecule has 0 saturated heterocycles. The third-order valence-corrected chi connectivity index (χ3v) is 8.54. The highest BCUT2D eigenvalue weighted by atomic mass is 127. The van der Waals surface area contributed by atoms with Gasteiger partial charge in [-0.15, -0.1) is 0 Å². The predicted molar refractivity (Wildman–Crippen MR) is 132 cm³/mol. The van der Waals surface area contributed by atoms with Gasteiger partial charge in [-0.25, -0.2) is 0 Å². The van der Waals surface area contributed by atoms with Crippen molar-refractivity contribution in [1.82, 2.24) is 0 Å². The Bertz CT molecular complexity index is 1060. The molecule has 0 aliphatic carbocycles. The van der Waals surface area contributed by atoms with Crippen molar-refractivity contribution in [2.75, 3.05) is 0 Å². The average Bonchev–Trinajstić information content (AvgIpc) is 3.13. The van der Waals surface area contributed by atoms with Crippen molar-refractivity contribution in [3.63, 3.8) is 0 Å². The molecule has 0 radical (unpaired) electrons. The minimum Gasteiger partial charge on any atom is -0.288 e. The molecule has 0 aromatic heterocycles. The van der Waals surface area contributed by atoms with Gasteiger partial charge in [0, 0.05) is 28.1 Å². The maximum atomic E-state index is 13.3. The lowest BCUT2D eigenvalue weighted by atomic mass is 9.97. The summed E-state index contributed by atoms with van der Waals surface area (Å²) >= 11 is 7.63. The van der Waals surface area contributed by atoms with Crippen LogP contribution in [0.2, 0.25) is 0 Å². The molecule has 3 aromatic carbocycles. The van der Waals surface area contributed by atoms with Crippen LogP contribution >= 0.6 is 68.7 Å². The Hall–Kier alpha value is -1.10. The maximum absolute atomic E-state index is 13.3. The minimum atomic E-state index is -0.234. The Kier molecular flexibility index (Phi) is 6.29. The summed E-state index contributed by atoms with van der Waals surface area (Å²) in [6.07, 6.45) is 0. The largest absolute Gasteiger partial charge is 0.288 e. The molecule has 3 aromatic rings. The minimum absolute atomic E-state index is 0.234. The molecule has 0 N–H and O–H groups in total. The van der Waals surface area contributed by atoms with Crippen LogP contribution in [-0.2, 0) is 0 Å². The van der Waals surface area contributed by atoms with Crippen molar-refractivity contribution >= 4 is 80.3 Å². The van der Waals surface area contributed by atoms with Gasteiger partial charge in [0.15, 0.2) is 11.6 Å². The average molecular weight is 626 g/mol. The monoisotopic (exact) mass is 626 g/mol. The SMILES string of the molecule is O=C(C(C(=O)c1ccccc1)=C1Sc2cc(I)cc(I)c2S1)c1ccccc1. The Morgan fingerprint density at radius 1 is 0.714 bits per heavy atom. The molecule has 0 unspecified atom stereocenters. The molecule has 6 heteroatoms. The molecule has 0 amide bonds. The molecule has 1 heterocycles. The second kappa shape index (κ2) is 8.73. The van der Waals surface area contributed by atoms with Crippen molar-refractivity contribution in [3.05, 3.63) is 101 Å². The van der Waals surface area contributed by atoms with Crippen molar-refractivity contribution in [3.8, 4) is 0 Å². The number of rotatable bonds is 4. The Morgan fingerprint density at radius 2 is 1.25 bits per heavy atom. The fourth-order valence-corrected chi connectivity index (χ4v) is 7.95. The Morgan fingerprint density at radius 3 is 1.79 bits per heavy atom. The van der Waals surface area contributed by atoms with Gasteiger partial charge >= 0.3 is 0 Å². The van der Waals surface area contributed by atoms with Gasteiger partial charge in [-0.3, -0.25) is 9.59 Å². The number of benzene rings is 3. The first-order valence-electron chi connectivity index (χ1n) is 8.33. The molecule has 1 aliphatic rings. The van der Waals surface area contributed by atoms with Crippen LogP contribution in [-0.4, -0.2) is 11.6 Å². The van der Waals surface area contributed by atoms with E-state index in [1.165, 1.54) is 23.5 Å². The lowest BCUT2D eigenvalue weighted by Crippen LogP contribution is -2.15. The van der Waals surface area contributed by atoms with Gasteiger partial charge in [0.1, 0.15) is 0 Å². The second-order valence-electron chi connectivity index (χ2n) is 5.97. The van der Waals surface area contributed by atoms with E-state index in [4.69, 9.17) is 0 Å². The third kappa shape index (κ3) is 4.10. The zero-order valence-corrected chi connectivity index (χ0v) is 20.3. The summed E-state index contributed by atoms with van der Waals surface area (Å²) in [5.41, 5.74) is 1.29. The first kappa shape index (κ1) is 20.2. The van der Waals surface area contributed by atoms with Crippen LogP contribution in [0.4, 0.5) is 0 Å². The standard InChI is InChI=1S/C22H12I2O2S2/c23-15-11-16(24)21-17(12-15)27-22(28-21)18(19(25)13-7-3-1-4-8-13)20(26)14-9-5-2-6-10-14/h1-12H. The number of carbonyl (C=O) groups is 2. The van der Waals surface area contributed by atoms with Crippen LogP contribution in [0.25, 0.3) is 0 Å². The van der Waals surface area contributed by atoms with Crippen molar-refractivity contribution in [1.29, 1.82) is 0 Å². The molecule has 138 valence electrons. The van der Waals surface area contributed by atoms with Crippen LogP contribution in [0.15, 0.2) is 92.4 Å². The molecule has 0 fully saturated rings. The fraction of sp³-hybridized carbons (Fsp3) is 0. The smallest absolute Gasteiger partial charge is 0.198 e. The van der Waals surface area contributed by atoms with E-state index in [0.29, 0.717) is 11.1 Å². The number of carbonyl (C=O) groups excluding carboxylic acids is 2. The van der Waals surface area contributed by atoms with Crippen molar-refractivity contribution in [2.24, 2.45) is 0 Å². The van der Waals surface area contributed by atoms with Gasteiger partial charge in [-0.1, -0.05) is 84.2 Å². The van der Waals surface area contributed by atoms with Gasteiger partial charge in [0.25, 0.3) is 0 Å². The van der Waals surface area contributed by atoms with Crippen molar-refractivity contribution in [2.45, 2.75) is 9.79 Å². The lowest BCUT2D eigenvalue weighted by molar-refractivity contribution is 0.0962. The van der Waals surface area contributed by atoms with Gasteiger partial charge in [0.05, 0.1) is 9.81 Å². The van der Waals surface area contributed by atoms with E-state index >= 15 is 0 Å². The van der Waals surface area contributed by atoms with Crippen molar-refractivity contribution < 1.29 is 9.59 Å². The summed E-state index contributed by atoms with van der Waals surface area (Å²) in [7, 11) is 0. The molecule has 4 rings (SSSR count). The number of fused-ring (bicyclic) bond motifs is 1. The zero-order chi connectivity index (χ0) is 19.7. The highest BCUT2D eigenvalue weighted by Gasteiger charge is 2.31. The second-order valence-corrected chi connectivity index (χ2v) is 10.7. The number of halogens is 2. The Labute approximate surface area is 198 Å². The highest BCUT2D eigenvalue weighted by Crippen LogP contribution is 2.54. The van der Waals surface area contributed by atoms with Crippen LogP contribution in [0, 0.1) is 7.14 Å². The first-order valence-corrected chi connectivity index (χ1v) is 12.1. The van der Waals surface area contributed by atoms with Crippen LogP contribution in [0.5, 0.6) is 0 Å². The molecule has 0 saturated carbocycles. The molecular weight excluding hydrogens is 614 g/mol. The number of ketones is 2. The summed E-state index contributed by atoms with van der Waals surface area (Å²) in [5.74, 6) is -0.469.